The molecule has 0 fully saturated rings. The molecule has 0 aliphatic rings. The average molecular weight is 345 g/mol. The van der Waals surface area contributed by atoms with Crippen LogP contribution in [0.4, 0.5) is 10.1 Å². The van der Waals surface area contributed by atoms with E-state index < -0.39 is 0 Å². The summed E-state index contributed by atoms with van der Waals surface area (Å²) in [5.74, 6) is 0.0271. The van der Waals surface area contributed by atoms with Gasteiger partial charge in [0.2, 0.25) is 5.91 Å². The largest absolute Gasteiger partial charge is 0.330 e. The Hall–Kier alpha value is -0.940. The normalized spacial score (nSPS) is 12.2. The number of nitrogens with one attached hydrogen (secondary N) is 1. The summed E-state index contributed by atoms with van der Waals surface area (Å²) in [4.78, 5) is 11.9. The van der Waals surface area contributed by atoms with Crippen LogP contribution < -0.4 is 11.1 Å². The minimum Gasteiger partial charge on any atom is -0.330 e. The Morgan fingerprint density at radius 2 is 2.15 bits per heavy atom. The fourth-order valence-electron chi connectivity index (χ4n) is 2.12. The molecular formula is C15H22BrFN2O. The molecule has 1 aromatic carbocycles. The molecule has 0 saturated heterocycles. The Balaban J connectivity index is 2.56. The summed E-state index contributed by atoms with van der Waals surface area (Å²) in [6, 6.07) is 3.00. The first-order valence-electron chi connectivity index (χ1n) is 6.93. The summed E-state index contributed by atoms with van der Waals surface area (Å²) in [7, 11) is 0. The maximum absolute atomic E-state index is 13.5. The zero-order valence-electron chi connectivity index (χ0n) is 12.0. The van der Waals surface area contributed by atoms with E-state index in [2.05, 4.69) is 28.2 Å². The Labute approximate surface area is 128 Å². The lowest BCUT2D eigenvalue weighted by Crippen LogP contribution is -2.15. The van der Waals surface area contributed by atoms with E-state index in [4.69, 9.17) is 5.73 Å². The Kier molecular flexibility index (Phi) is 7.16. The van der Waals surface area contributed by atoms with Gasteiger partial charge in [0.05, 0.1) is 4.47 Å². The van der Waals surface area contributed by atoms with Gasteiger partial charge in [0, 0.05) is 12.1 Å². The molecule has 5 heteroatoms. The number of amides is 1. The van der Waals surface area contributed by atoms with Gasteiger partial charge in [-0.15, -0.1) is 0 Å². The highest BCUT2D eigenvalue weighted by Gasteiger charge is 2.11. The fourth-order valence-corrected chi connectivity index (χ4v) is 2.57. The van der Waals surface area contributed by atoms with E-state index in [-0.39, 0.29) is 11.7 Å². The van der Waals surface area contributed by atoms with Gasteiger partial charge in [-0.3, -0.25) is 4.79 Å². The van der Waals surface area contributed by atoms with Gasteiger partial charge in [0.1, 0.15) is 5.82 Å². The molecule has 0 radical (unpaired) electrons. The average Bonchev–Trinajstić information content (AvgIpc) is 2.40. The van der Waals surface area contributed by atoms with Crippen LogP contribution in [0.2, 0.25) is 0 Å². The second-order valence-electron chi connectivity index (χ2n) is 5.02. The van der Waals surface area contributed by atoms with Gasteiger partial charge in [0.15, 0.2) is 0 Å². The van der Waals surface area contributed by atoms with Crippen LogP contribution in [0.15, 0.2) is 16.6 Å². The van der Waals surface area contributed by atoms with E-state index >= 15 is 0 Å². The first kappa shape index (κ1) is 17.1. The number of hydrogen-bond donors (Lipinski definition) is 2. The van der Waals surface area contributed by atoms with Gasteiger partial charge in [-0.1, -0.05) is 13.3 Å². The molecule has 112 valence electrons. The Bertz CT molecular complexity index is 465. The van der Waals surface area contributed by atoms with Crippen molar-refractivity contribution in [1.82, 2.24) is 0 Å². The predicted octanol–water partition coefficient (Wildman–Crippen LogP) is 3.99. The summed E-state index contributed by atoms with van der Waals surface area (Å²) in [5.41, 5.74) is 6.90. The van der Waals surface area contributed by atoms with Crippen molar-refractivity contribution in [3.8, 4) is 0 Å². The second-order valence-corrected chi connectivity index (χ2v) is 5.87. The quantitative estimate of drug-likeness (QED) is 0.785. The number of carbonyl (C=O) groups excluding carboxylic acids is 1. The molecule has 1 aromatic rings. The molecule has 0 spiro atoms. The highest BCUT2D eigenvalue weighted by atomic mass is 79.9. The van der Waals surface area contributed by atoms with Crippen molar-refractivity contribution in [3.05, 3.63) is 28.0 Å². The number of hydrogen-bond acceptors (Lipinski definition) is 2. The van der Waals surface area contributed by atoms with E-state index in [1.165, 1.54) is 6.07 Å². The van der Waals surface area contributed by atoms with Crippen molar-refractivity contribution < 1.29 is 9.18 Å². The van der Waals surface area contributed by atoms with Gasteiger partial charge in [0.25, 0.3) is 0 Å². The monoisotopic (exact) mass is 344 g/mol. The van der Waals surface area contributed by atoms with Crippen molar-refractivity contribution in [2.45, 2.75) is 39.5 Å². The highest BCUT2D eigenvalue weighted by Crippen LogP contribution is 2.24. The standard InChI is InChI=1S/C15H22BrFN2O/c1-3-11(6-7-18)4-5-15(20)19-14-9-13(17)12(16)8-10(14)2/h8-9,11H,3-7,18H2,1-2H3,(H,19,20). The van der Waals surface area contributed by atoms with Gasteiger partial charge in [-0.25, -0.2) is 4.39 Å². The molecule has 3 nitrogen and oxygen atoms in total. The molecule has 1 rings (SSSR count). The molecule has 1 unspecified atom stereocenters. The van der Waals surface area contributed by atoms with Gasteiger partial charge >= 0.3 is 0 Å². The third-order valence-corrected chi connectivity index (χ3v) is 4.08. The van der Waals surface area contributed by atoms with E-state index in [1.54, 1.807) is 6.07 Å². The molecule has 1 amide bonds. The van der Waals surface area contributed by atoms with E-state index in [1.807, 2.05) is 6.92 Å². The molecule has 0 bridgehead atoms. The van der Waals surface area contributed by atoms with Crippen LogP contribution in [0.3, 0.4) is 0 Å². The third kappa shape index (κ3) is 5.21. The number of rotatable bonds is 7. The van der Waals surface area contributed by atoms with E-state index in [0.29, 0.717) is 29.0 Å². The molecule has 0 aliphatic carbocycles. The number of benzene rings is 1. The lowest BCUT2D eigenvalue weighted by atomic mass is 9.96. The van der Waals surface area contributed by atoms with Gasteiger partial charge in [-0.2, -0.15) is 0 Å². The molecule has 1 atom stereocenters. The molecule has 0 aromatic heterocycles. The minimum atomic E-state index is -0.375. The zero-order chi connectivity index (χ0) is 15.1. The van der Waals surface area contributed by atoms with Crippen LogP contribution in [0.25, 0.3) is 0 Å². The third-order valence-electron chi connectivity index (χ3n) is 3.47. The van der Waals surface area contributed by atoms with Crippen molar-refractivity contribution in [2.75, 3.05) is 11.9 Å². The van der Waals surface area contributed by atoms with Crippen LogP contribution in [-0.4, -0.2) is 12.5 Å². The van der Waals surface area contributed by atoms with Crippen LogP contribution >= 0.6 is 15.9 Å². The maximum atomic E-state index is 13.5. The van der Waals surface area contributed by atoms with Crippen LogP contribution in [0.1, 0.15) is 38.2 Å². The van der Waals surface area contributed by atoms with Gasteiger partial charge < -0.3 is 11.1 Å². The fraction of sp³-hybridized carbons (Fsp3) is 0.533. The second kappa shape index (κ2) is 8.37. The van der Waals surface area contributed by atoms with Crippen LogP contribution in [-0.2, 0) is 4.79 Å². The van der Waals surface area contributed by atoms with Crippen molar-refractivity contribution in [1.29, 1.82) is 0 Å². The lowest BCUT2D eigenvalue weighted by Gasteiger charge is -2.14. The van der Waals surface area contributed by atoms with E-state index in [9.17, 15) is 9.18 Å². The topological polar surface area (TPSA) is 55.1 Å². The van der Waals surface area contributed by atoms with Crippen LogP contribution in [0, 0.1) is 18.7 Å². The summed E-state index contributed by atoms with van der Waals surface area (Å²) >= 11 is 3.12. The Morgan fingerprint density at radius 3 is 2.75 bits per heavy atom. The molecule has 0 aliphatic heterocycles. The number of carbonyl (C=O) groups is 1. The molecule has 3 N–H and O–H groups in total. The first-order valence-corrected chi connectivity index (χ1v) is 7.72. The number of halogens is 2. The summed E-state index contributed by atoms with van der Waals surface area (Å²) in [6.45, 7) is 4.59. The van der Waals surface area contributed by atoms with Crippen molar-refractivity contribution >= 4 is 27.5 Å². The number of aryl methyl sites for hydroxylation is 1. The van der Waals surface area contributed by atoms with Crippen molar-refractivity contribution in [3.63, 3.8) is 0 Å². The lowest BCUT2D eigenvalue weighted by molar-refractivity contribution is -0.116. The molecule has 20 heavy (non-hydrogen) atoms. The highest BCUT2D eigenvalue weighted by molar-refractivity contribution is 9.10. The zero-order valence-corrected chi connectivity index (χ0v) is 13.6. The van der Waals surface area contributed by atoms with Crippen LogP contribution in [0.5, 0.6) is 0 Å². The van der Waals surface area contributed by atoms with Gasteiger partial charge in [-0.05, 0) is 65.9 Å². The maximum Gasteiger partial charge on any atom is 0.224 e. The Morgan fingerprint density at radius 1 is 1.45 bits per heavy atom. The van der Waals surface area contributed by atoms with Crippen molar-refractivity contribution in [2.24, 2.45) is 11.7 Å². The predicted molar refractivity (Wildman–Crippen MR) is 84.2 cm³/mol. The summed E-state index contributed by atoms with van der Waals surface area (Å²) in [6.07, 6.45) is 3.22. The summed E-state index contributed by atoms with van der Waals surface area (Å²) < 4.78 is 13.9. The van der Waals surface area contributed by atoms with E-state index in [0.717, 1.165) is 24.8 Å². The smallest absolute Gasteiger partial charge is 0.224 e. The molecule has 0 saturated carbocycles. The number of anilines is 1. The molecule has 0 heterocycles. The number of nitrogens with two attached hydrogens (primary N) is 1. The molecular weight excluding hydrogens is 323 g/mol. The minimum absolute atomic E-state index is 0.0784. The first-order chi connectivity index (χ1) is 9.47. The summed E-state index contributed by atoms with van der Waals surface area (Å²) in [5, 5.41) is 2.77. The SMILES string of the molecule is CCC(CCN)CCC(=O)Nc1cc(F)c(Br)cc1C.